The molecule has 3 N–H and O–H groups in total. The Labute approximate surface area is 233 Å². The van der Waals surface area contributed by atoms with Crippen molar-refractivity contribution in [3.05, 3.63) is 74.9 Å². The number of thiophene rings is 1. The summed E-state index contributed by atoms with van der Waals surface area (Å²) in [6, 6.07) is 10.7. The fourth-order valence-corrected chi connectivity index (χ4v) is 6.21. The van der Waals surface area contributed by atoms with Crippen LogP contribution < -0.4 is 10.6 Å². The maximum Gasteiger partial charge on any atom is 0.303 e. The van der Waals surface area contributed by atoms with Crippen molar-refractivity contribution in [3.8, 4) is 0 Å². The fraction of sp³-hybridized carbons (Fsp3) is 0.296. The second-order valence-corrected chi connectivity index (χ2v) is 10.9. The van der Waals surface area contributed by atoms with Gasteiger partial charge < -0.3 is 25.4 Å². The molecule has 2 amide bonds. The van der Waals surface area contributed by atoms with Crippen LogP contribution in [0.5, 0.6) is 0 Å². The number of carboxylic acids is 1. The van der Waals surface area contributed by atoms with Crippen molar-refractivity contribution in [2.45, 2.75) is 44.4 Å². The summed E-state index contributed by atoms with van der Waals surface area (Å²) >= 11 is 14.5. The molecule has 2 atom stereocenters. The summed E-state index contributed by atoms with van der Waals surface area (Å²) in [7, 11) is 0. The van der Waals surface area contributed by atoms with E-state index in [9.17, 15) is 14.4 Å². The van der Waals surface area contributed by atoms with Crippen LogP contribution in [0.1, 0.15) is 41.6 Å². The van der Waals surface area contributed by atoms with Gasteiger partial charge in [0.25, 0.3) is 5.91 Å². The lowest BCUT2D eigenvalue weighted by molar-refractivity contribution is -0.137. The van der Waals surface area contributed by atoms with E-state index in [-0.39, 0.29) is 35.7 Å². The second-order valence-electron chi connectivity index (χ2n) is 9.21. The maximum atomic E-state index is 13.3. The highest BCUT2D eigenvalue weighted by Gasteiger charge is 2.38. The van der Waals surface area contributed by atoms with Gasteiger partial charge in [0.15, 0.2) is 6.23 Å². The zero-order chi connectivity index (χ0) is 26.8. The van der Waals surface area contributed by atoms with Gasteiger partial charge in [0, 0.05) is 39.7 Å². The van der Waals surface area contributed by atoms with E-state index < -0.39 is 12.2 Å². The SMILES string of the molecule is O=C(O)CCC1=CNC([C@@H]2CCCN2C(=O)Cc2cc(Cl)c(NC(=O)c3csc4ccccc34)cc2Cl)O1. The molecule has 2 aromatic carbocycles. The molecule has 0 aliphatic carbocycles. The minimum absolute atomic E-state index is 0.0207. The van der Waals surface area contributed by atoms with Gasteiger partial charge in [-0.3, -0.25) is 14.4 Å². The molecule has 1 aromatic heterocycles. The number of carbonyl (C=O) groups is 3. The van der Waals surface area contributed by atoms with Crippen molar-refractivity contribution in [2.75, 3.05) is 11.9 Å². The number of anilines is 1. The Kier molecular flexibility index (Phi) is 7.78. The third-order valence-electron chi connectivity index (χ3n) is 6.69. The summed E-state index contributed by atoms with van der Waals surface area (Å²) in [6.07, 6.45) is 3.17. The molecule has 3 aromatic rings. The summed E-state index contributed by atoms with van der Waals surface area (Å²) in [5, 5.41) is 18.2. The summed E-state index contributed by atoms with van der Waals surface area (Å²) < 4.78 is 6.90. The molecule has 5 rings (SSSR count). The zero-order valence-electron chi connectivity index (χ0n) is 20.2. The number of allylic oxidation sites excluding steroid dienone is 1. The number of hydrogen-bond donors (Lipinski definition) is 3. The Morgan fingerprint density at radius 3 is 2.82 bits per heavy atom. The van der Waals surface area contributed by atoms with Crippen molar-refractivity contribution in [1.82, 2.24) is 10.2 Å². The van der Waals surface area contributed by atoms with Crippen LogP contribution in [0.3, 0.4) is 0 Å². The first kappa shape index (κ1) is 26.3. The normalized spacial score (nSPS) is 18.7. The van der Waals surface area contributed by atoms with Crippen LogP contribution in [0.4, 0.5) is 5.69 Å². The first-order valence-electron chi connectivity index (χ1n) is 12.2. The fourth-order valence-electron chi connectivity index (χ4n) is 4.80. The number of carboxylic acid groups (broad SMARTS) is 1. The van der Waals surface area contributed by atoms with Crippen molar-refractivity contribution in [1.29, 1.82) is 0 Å². The number of rotatable bonds is 8. The van der Waals surface area contributed by atoms with Crippen LogP contribution in [0.15, 0.2) is 53.7 Å². The highest BCUT2D eigenvalue weighted by atomic mass is 35.5. The predicted molar refractivity (Wildman–Crippen MR) is 148 cm³/mol. The monoisotopic (exact) mass is 573 g/mol. The number of likely N-dealkylation sites (tertiary alicyclic amines) is 1. The largest absolute Gasteiger partial charge is 0.481 e. The standard InChI is InChI=1S/C27H25Cl2N3O5S/c28-19-12-21(31-26(36)18-14-38-23-6-2-1-4-17(18)23)20(29)10-15(19)11-24(33)32-9-3-5-22(32)27-30-13-16(37-27)7-8-25(34)35/h1-2,4,6,10,12-14,22,27,30H,3,5,7-9,11H2,(H,31,36)(H,34,35)/t22-,27?/m0/s1. The number of halogens is 2. The van der Waals surface area contributed by atoms with Gasteiger partial charge in [-0.1, -0.05) is 41.4 Å². The average Bonchev–Trinajstić information content (AvgIpc) is 3.64. The van der Waals surface area contributed by atoms with E-state index in [0.29, 0.717) is 40.6 Å². The molecule has 1 unspecified atom stereocenters. The number of carbonyl (C=O) groups excluding carboxylic acids is 2. The van der Waals surface area contributed by atoms with Gasteiger partial charge in [0.05, 0.1) is 35.2 Å². The first-order valence-corrected chi connectivity index (χ1v) is 13.8. The Balaban J connectivity index is 1.23. The van der Waals surface area contributed by atoms with Gasteiger partial charge in [-0.05, 0) is 36.6 Å². The molecule has 198 valence electrons. The number of nitrogens with one attached hydrogen (secondary N) is 2. The molecule has 1 saturated heterocycles. The smallest absolute Gasteiger partial charge is 0.303 e. The molecule has 0 spiro atoms. The third kappa shape index (κ3) is 5.60. The van der Waals surface area contributed by atoms with E-state index in [0.717, 1.165) is 22.9 Å². The molecular formula is C27H25Cl2N3O5S. The number of aliphatic carboxylic acids is 1. The summed E-state index contributed by atoms with van der Waals surface area (Å²) in [6.45, 7) is 0.587. The topological polar surface area (TPSA) is 108 Å². The molecule has 1 fully saturated rings. The van der Waals surface area contributed by atoms with Gasteiger partial charge in [-0.2, -0.15) is 0 Å². The van der Waals surface area contributed by atoms with E-state index >= 15 is 0 Å². The van der Waals surface area contributed by atoms with Gasteiger partial charge in [-0.15, -0.1) is 11.3 Å². The van der Waals surface area contributed by atoms with Crippen LogP contribution >= 0.6 is 34.5 Å². The molecule has 11 heteroatoms. The van der Waals surface area contributed by atoms with E-state index in [1.807, 2.05) is 29.6 Å². The quantitative estimate of drug-likeness (QED) is 0.321. The number of benzene rings is 2. The van der Waals surface area contributed by atoms with E-state index in [4.69, 9.17) is 33.0 Å². The molecular weight excluding hydrogens is 549 g/mol. The van der Waals surface area contributed by atoms with Gasteiger partial charge in [0.1, 0.15) is 5.76 Å². The van der Waals surface area contributed by atoms with Crippen LogP contribution in [-0.4, -0.2) is 46.6 Å². The van der Waals surface area contributed by atoms with Crippen LogP contribution in [0, 0.1) is 0 Å². The minimum atomic E-state index is -0.892. The van der Waals surface area contributed by atoms with Gasteiger partial charge in [-0.25, -0.2) is 0 Å². The maximum absolute atomic E-state index is 13.3. The average molecular weight is 574 g/mol. The lowest BCUT2D eigenvalue weighted by Crippen LogP contribution is -2.47. The Morgan fingerprint density at radius 1 is 1.18 bits per heavy atom. The van der Waals surface area contributed by atoms with E-state index in [1.54, 1.807) is 23.2 Å². The summed E-state index contributed by atoms with van der Waals surface area (Å²) in [5.41, 5.74) is 1.49. The predicted octanol–water partition coefficient (Wildman–Crippen LogP) is 5.65. The molecule has 2 aliphatic heterocycles. The van der Waals surface area contributed by atoms with Crippen molar-refractivity contribution in [2.24, 2.45) is 0 Å². The molecule has 0 bridgehead atoms. The van der Waals surface area contributed by atoms with E-state index in [1.165, 1.54) is 11.3 Å². The second kappa shape index (κ2) is 11.2. The number of fused-ring (bicyclic) bond motifs is 1. The van der Waals surface area contributed by atoms with Crippen molar-refractivity contribution in [3.63, 3.8) is 0 Å². The molecule has 8 nitrogen and oxygen atoms in total. The van der Waals surface area contributed by atoms with Gasteiger partial charge in [0.2, 0.25) is 5.91 Å². The minimum Gasteiger partial charge on any atom is -0.481 e. The number of hydrogen-bond acceptors (Lipinski definition) is 6. The lowest BCUT2D eigenvalue weighted by Gasteiger charge is -2.29. The summed E-state index contributed by atoms with van der Waals surface area (Å²) in [5.74, 6) is -0.725. The Hall–Kier alpha value is -3.27. The first-order chi connectivity index (χ1) is 18.3. The molecule has 0 saturated carbocycles. The molecule has 0 radical (unpaired) electrons. The highest BCUT2D eigenvalue weighted by Crippen LogP contribution is 2.33. The third-order valence-corrected chi connectivity index (χ3v) is 8.32. The molecule has 2 aliphatic rings. The number of ether oxygens (including phenoxy) is 1. The molecule has 3 heterocycles. The molecule has 38 heavy (non-hydrogen) atoms. The van der Waals surface area contributed by atoms with Crippen LogP contribution in [-0.2, 0) is 20.7 Å². The summed E-state index contributed by atoms with van der Waals surface area (Å²) in [4.78, 5) is 38.8. The number of nitrogens with zero attached hydrogens (tertiary/aromatic N) is 1. The zero-order valence-corrected chi connectivity index (χ0v) is 22.5. The van der Waals surface area contributed by atoms with E-state index in [2.05, 4.69) is 10.6 Å². The van der Waals surface area contributed by atoms with Crippen LogP contribution in [0.25, 0.3) is 10.1 Å². The van der Waals surface area contributed by atoms with Crippen molar-refractivity contribution >= 4 is 68.1 Å². The van der Waals surface area contributed by atoms with Crippen LogP contribution in [0.2, 0.25) is 10.0 Å². The lowest BCUT2D eigenvalue weighted by atomic mass is 10.1. The van der Waals surface area contributed by atoms with Gasteiger partial charge >= 0.3 is 5.97 Å². The Bertz CT molecular complexity index is 1440. The highest BCUT2D eigenvalue weighted by molar-refractivity contribution is 7.17. The van der Waals surface area contributed by atoms with Crippen molar-refractivity contribution < 1.29 is 24.2 Å². The Morgan fingerprint density at radius 2 is 2.00 bits per heavy atom. The number of amides is 2.